The summed E-state index contributed by atoms with van der Waals surface area (Å²) in [6, 6.07) is 2.20. The molecule has 1 heterocycles. The standard InChI is InChI=1S/C13H20N4O2S/c1-11-12(9-15-16-11)20(18,19)17-13(10-14)7-5-3-2-4-6-8-13/h9,17H,2-8H2,1H3,(H,15,16). The number of nitriles is 1. The molecule has 2 rings (SSSR count). The molecule has 0 unspecified atom stereocenters. The number of nitrogens with one attached hydrogen (secondary N) is 2. The number of aryl methyl sites for hydroxylation is 1. The van der Waals surface area contributed by atoms with Crippen LogP contribution >= 0.6 is 0 Å². The molecule has 1 aliphatic rings. The second kappa shape index (κ2) is 5.94. The smallest absolute Gasteiger partial charge is 0.245 e. The van der Waals surface area contributed by atoms with Crippen LogP contribution in [-0.4, -0.2) is 24.2 Å². The van der Waals surface area contributed by atoms with Crippen LogP contribution in [-0.2, 0) is 10.0 Å². The summed E-state index contributed by atoms with van der Waals surface area (Å²) in [7, 11) is -3.71. The highest BCUT2D eigenvalue weighted by Gasteiger charge is 2.36. The number of hydrogen-bond donors (Lipinski definition) is 2. The summed E-state index contributed by atoms with van der Waals surface area (Å²) in [6.07, 6.45) is 7.44. The summed E-state index contributed by atoms with van der Waals surface area (Å²) in [6.45, 7) is 1.65. The number of sulfonamides is 1. The van der Waals surface area contributed by atoms with Crippen molar-refractivity contribution >= 4 is 10.0 Å². The molecule has 0 radical (unpaired) electrons. The third-order valence-corrected chi connectivity index (χ3v) is 5.47. The molecule has 1 fully saturated rings. The normalized spacial score (nSPS) is 19.8. The molecule has 1 aromatic rings. The number of nitrogens with zero attached hydrogens (tertiary/aromatic N) is 2. The molecule has 6 nitrogen and oxygen atoms in total. The van der Waals surface area contributed by atoms with E-state index in [1.165, 1.54) is 6.20 Å². The molecule has 1 aromatic heterocycles. The van der Waals surface area contributed by atoms with Crippen LogP contribution in [0.5, 0.6) is 0 Å². The van der Waals surface area contributed by atoms with Gasteiger partial charge in [-0.3, -0.25) is 5.10 Å². The van der Waals surface area contributed by atoms with Gasteiger partial charge in [0.05, 0.1) is 18.0 Å². The molecule has 7 heteroatoms. The topological polar surface area (TPSA) is 98.6 Å². The zero-order valence-electron chi connectivity index (χ0n) is 11.6. The summed E-state index contributed by atoms with van der Waals surface area (Å²) >= 11 is 0. The van der Waals surface area contributed by atoms with Crippen molar-refractivity contribution in [1.82, 2.24) is 14.9 Å². The Morgan fingerprint density at radius 1 is 1.30 bits per heavy atom. The average Bonchev–Trinajstić information content (AvgIpc) is 2.80. The molecular formula is C13H20N4O2S. The first kappa shape index (κ1) is 15.0. The van der Waals surface area contributed by atoms with Crippen molar-refractivity contribution in [2.75, 3.05) is 0 Å². The number of rotatable bonds is 3. The highest BCUT2D eigenvalue weighted by atomic mass is 32.2. The maximum Gasteiger partial charge on any atom is 0.245 e. The van der Waals surface area contributed by atoms with Gasteiger partial charge < -0.3 is 0 Å². The molecule has 20 heavy (non-hydrogen) atoms. The zero-order valence-corrected chi connectivity index (χ0v) is 12.5. The van der Waals surface area contributed by atoms with E-state index in [0.717, 1.165) is 32.1 Å². The van der Waals surface area contributed by atoms with E-state index in [4.69, 9.17) is 0 Å². The Morgan fingerprint density at radius 3 is 2.40 bits per heavy atom. The van der Waals surface area contributed by atoms with Crippen LogP contribution in [0.1, 0.15) is 50.6 Å². The van der Waals surface area contributed by atoms with Crippen molar-refractivity contribution < 1.29 is 8.42 Å². The molecule has 0 bridgehead atoms. The van der Waals surface area contributed by atoms with Crippen LogP contribution in [0.15, 0.2) is 11.1 Å². The van der Waals surface area contributed by atoms with Crippen molar-refractivity contribution in [1.29, 1.82) is 5.26 Å². The Kier molecular flexibility index (Phi) is 4.45. The lowest BCUT2D eigenvalue weighted by Crippen LogP contribution is -2.47. The van der Waals surface area contributed by atoms with Crippen molar-refractivity contribution in [3.8, 4) is 6.07 Å². The highest BCUT2D eigenvalue weighted by Crippen LogP contribution is 2.28. The third kappa shape index (κ3) is 3.19. The van der Waals surface area contributed by atoms with E-state index in [9.17, 15) is 13.7 Å². The Hall–Kier alpha value is -1.39. The van der Waals surface area contributed by atoms with E-state index in [2.05, 4.69) is 21.0 Å². The Morgan fingerprint density at radius 2 is 1.90 bits per heavy atom. The lowest BCUT2D eigenvalue weighted by molar-refractivity contribution is 0.357. The van der Waals surface area contributed by atoms with Crippen molar-refractivity contribution in [2.45, 2.75) is 62.3 Å². The summed E-state index contributed by atoms with van der Waals surface area (Å²) in [4.78, 5) is 0.120. The van der Waals surface area contributed by atoms with Crippen LogP contribution in [0, 0.1) is 18.3 Å². The van der Waals surface area contributed by atoms with Gasteiger partial charge in [-0.1, -0.05) is 32.1 Å². The molecule has 2 N–H and O–H groups in total. The maximum absolute atomic E-state index is 12.4. The predicted octanol–water partition coefficient (Wildman–Crippen LogP) is 2.00. The van der Waals surface area contributed by atoms with E-state index < -0.39 is 15.6 Å². The molecule has 0 aliphatic heterocycles. The molecule has 1 saturated carbocycles. The Balaban J connectivity index is 2.25. The minimum Gasteiger partial charge on any atom is -0.281 e. The summed E-state index contributed by atoms with van der Waals surface area (Å²) < 4.78 is 27.5. The number of hydrogen-bond acceptors (Lipinski definition) is 4. The minimum atomic E-state index is -3.71. The molecule has 0 atom stereocenters. The number of H-pyrrole nitrogens is 1. The molecular weight excluding hydrogens is 276 g/mol. The van der Waals surface area contributed by atoms with Gasteiger partial charge >= 0.3 is 0 Å². The second-order valence-electron chi connectivity index (χ2n) is 5.43. The first-order valence-corrected chi connectivity index (χ1v) is 8.43. The predicted molar refractivity (Wildman–Crippen MR) is 74.3 cm³/mol. The maximum atomic E-state index is 12.4. The summed E-state index contributed by atoms with van der Waals surface area (Å²) in [5.74, 6) is 0. The van der Waals surface area contributed by atoms with Crippen LogP contribution in [0.25, 0.3) is 0 Å². The lowest BCUT2D eigenvalue weighted by Gasteiger charge is -2.29. The molecule has 0 saturated heterocycles. The fourth-order valence-electron chi connectivity index (χ4n) is 2.67. The van der Waals surface area contributed by atoms with Crippen molar-refractivity contribution in [3.05, 3.63) is 11.9 Å². The molecule has 0 amide bonds. The van der Waals surface area contributed by atoms with E-state index >= 15 is 0 Å². The van der Waals surface area contributed by atoms with E-state index in [1.54, 1.807) is 6.92 Å². The first-order valence-electron chi connectivity index (χ1n) is 6.94. The van der Waals surface area contributed by atoms with Gasteiger partial charge in [0.1, 0.15) is 10.4 Å². The van der Waals surface area contributed by atoms with Crippen LogP contribution in [0.2, 0.25) is 0 Å². The summed E-state index contributed by atoms with van der Waals surface area (Å²) in [5.41, 5.74) is -0.500. The lowest BCUT2D eigenvalue weighted by atomic mass is 9.86. The van der Waals surface area contributed by atoms with Crippen LogP contribution in [0.4, 0.5) is 0 Å². The number of aromatic amines is 1. The van der Waals surface area contributed by atoms with E-state index in [1.807, 2.05) is 0 Å². The van der Waals surface area contributed by atoms with Gasteiger partial charge in [0.25, 0.3) is 0 Å². The number of aromatic nitrogens is 2. The fourth-order valence-corrected chi connectivity index (χ4v) is 4.18. The van der Waals surface area contributed by atoms with E-state index in [-0.39, 0.29) is 4.90 Å². The van der Waals surface area contributed by atoms with Gasteiger partial charge in [0, 0.05) is 0 Å². The molecule has 110 valence electrons. The van der Waals surface area contributed by atoms with Gasteiger partial charge in [-0.05, 0) is 19.8 Å². The molecule has 0 spiro atoms. The first-order chi connectivity index (χ1) is 9.49. The van der Waals surface area contributed by atoms with Gasteiger partial charge in [0.15, 0.2) is 0 Å². The second-order valence-corrected chi connectivity index (χ2v) is 7.08. The minimum absolute atomic E-state index is 0.120. The quantitative estimate of drug-likeness (QED) is 0.891. The van der Waals surface area contributed by atoms with Crippen LogP contribution in [0.3, 0.4) is 0 Å². The highest BCUT2D eigenvalue weighted by molar-refractivity contribution is 7.89. The zero-order chi connectivity index (χ0) is 14.6. The SMILES string of the molecule is Cc1[nH]ncc1S(=O)(=O)NC1(C#N)CCCCCCC1. The monoisotopic (exact) mass is 296 g/mol. The third-order valence-electron chi connectivity index (χ3n) is 3.82. The Bertz CT molecular complexity index is 592. The van der Waals surface area contributed by atoms with E-state index in [0.29, 0.717) is 18.5 Å². The average molecular weight is 296 g/mol. The summed E-state index contributed by atoms with van der Waals surface area (Å²) in [5, 5.41) is 15.8. The van der Waals surface area contributed by atoms with Gasteiger partial charge in [-0.2, -0.15) is 15.1 Å². The Labute approximate surface area is 119 Å². The van der Waals surface area contributed by atoms with Gasteiger partial charge in [-0.15, -0.1) is 0 Å². The van der Waals surface area contributed by atoms with Crippen molar-refractivity contribution in [2.24, 2.45) is 0 Å². The van der Waals surface area contributed by atoms with Gasteiger partial charge in [0.2, 0.25) is 10.0 Å². The molecule has 1 aliphatic carbocycles. The van der Waals surface area contributed by atoms with Crippen LogP contribution < -0.4 is 4.72 Å². The largest absolute Gasteiger partial charge is 0.281 e. The molecule has 0 aromatic carbocycles. The van der Waals surface area contributed by atoms with Gasteiger partial charge in [-0.25, -0.2) is 8.42 Å². The fraction of sp³-hybridized carbons (Fsp3) is 0.692. The van der Waals surface area contributed by atoms with Crippen molar-refractivity contribution in [3.63, 3.8) is 0 Å².